The fourth-order valence-corrected chi connectivity index (χ4v) is 5.04. The third-order valence-electron chi connectivity index (χ3n) is 7.31. The van der Waals surface area contributed by atoms with E-state index in [1.54, 1.807) is 4.90 Å². The molecular formula is C28H34N2O5. The Kier molecular flexibility index (Phi) is 7.73. The zero-order valence-corrected chi connectivity index (χ0v) is 20.4. The van der Waals surface area contributed by atoms with Crippen LogP contribution in [-0.4, -0.2) is 54.2 Å². The van der Waals surface area contributed by atoms with Crippen molar-refractivity contribution in [3.05, 3.63) is 59.7 Å². The number of carboxylic acids is 1. The maximum absolute atomic E-state index is 12.7. The molecule has 1 saturated heterocycles. The SMILES string of the molecule is CC(C)C(CNC(=O)OCC1c2ccccc2-c2ccccc21)CC(=O)N1CC(CCC(=O)O)C1. The van der Waals surface area contributed by atoms with E-state index in [1.807, 2.05) is 38.1 Å². The quantitative estimate of drug-likeness (QED) is 0.524. The van der Waals surface area contributed by atoms with Gasteiger partial charge in [0.25, 0.3) is 0 Å². The molecule has 0 radical (unpaired) electrons. The van der Waals surface area contributed by atoms with Crippen molar-refractivity contribution in [3.63, 3.8) is 0 Å². The lowest BCUT2D eigenvalue weighted by atomic mass is 9.89. The van der Waals surface area contributed by atoms with Crippen LogP contribution in [0.25, 0.3) is 11.1 Å². The molecule has 2 aliphatic rings. The Balaban J connectivity index is 1.25. The van der Waals surface area contributed by atoms with Crippen LogP contribution < -0.4 is 5.32 Å². The van der Waals surface area contributed by atoms with Crippen molar-refractivity contribution in [1.82, 2.24) is 10.2 Å². The van der Waals surface area contributed by atoms with Crippen molar-refractivity contribution in [2.24, 2.45) is 17.8 Å². The molecule has 0 aromatic heterocycles. The van der Waals surface area contributed by atoms with Crippen LogP contribution in [0.5, 0.6) is 0 Å². The van der Waals surface area contributed by atoms with Gasteiger partial charge in [-0.2, -0.15) is 0 Å². The number of alkyl carbamates (subject to hydrolysis) is 1. The number of carboxylic acid groups (broad SMARTS) is 1. The third-order valence-corrected chi connectivity index (χ3v) is 7.31. The summed E-state index contributed by atoms with van der Waals surface area (Å²) in [7, 11) is 0. The first-order valence-electron chi connectivity index (χ1n) is 12.4. The average Bonchev–Trinajstić information content (AvgIpc) is 3.12. The maximum atomic E-state index is 12.7. The summed E-state index contributed by atoms with van der Waals surface area (Å²) in [6, 6.07) is 16.4. The van der Waals surface area contributed by atoms with Gasteiger partial charge in [0.05, 0.1) is 0 Å². The van der Waals surface area contributed by atoms with Gasteiger partial charge in [-0.15, -0.1) is 0 Å². The highest BCUT2D eigenvalue weighted by Gasteiger charge is 2.33. The number of nitrogens with zero attached hydrogens (tertiary/aromatic N) is 1. The number of amides is 2. The molecule has 0 saturated carbocycles. The normalized spacial score (nSPS) is 15.8. The average molecular weight is 479 g/mol. The summed E-state index contributed by atoms with van der Waals surface area (Å²) in [5.41, 5.74) is 4.71. The van der Waals surface area contributed by atoms with Crippen molar-refractivity contribution in [2.75, 3.05) is 26.2 Å². The van der Waals surface area contributed by atoms with Crippen LogP contribution in [0.2, 0.25) is 0 Å². The molecule has 1 aliphatic heterocycles. The van der Waals surface area contributed by atoms with E-state index in [0.717, 1.165) is 0 Å². The van der Waals surface area contributed by atoms with Crippen LogP contribution in [0.3, 0.4) is 0 Å². The van der Waals surface area contributed by atoms with Gasteiger partial charge in [0.2, 0.25) is 5.91 Å². The Morgan fingerprint density at radius 3 is 2.20 bits per heavy atom. The molecule has 4 rings (SSSR count). The molecular weight excluding hydrogens is 444 g/mol. The van der Waals surface area contributed by atoms with Crippen LogP contribution in [0.15, 0.2) is 48.5 Å². The van der Waals surface area contributed by atoms with E-state index < -0.39 is 12.1 Å². The predicted octanol–water partition coefficient (Wildman–Crippen LogP) is 4.51. The second kappa shape index (κ2) is 10.9. The first-order chi connectivity index (χ1) is 16.8. The molecule has 2 aromatic rings. The number of likely N-dealkylation sites (tertiary alicyclic amines) is 1. The molecule has 35 heavy (non-hydrogen) atoms. The number of aliphatic carboxylic acids is 1. The largest absolute Gasteiger partial charge is 0.481 e. The Bertz CT molecular complexity index is 1030. The lowest BCUT2D eigenvalue weighted by molar-refractivity contribution is -0.140. The van der Waals surface area contributed by atoms with Crippen molar-refractivity contribution < 1.29 is 24.2 Å². The topological polar surface area (TPSA) is 95.9 Å². The Labute approximate surface area is 206 Å². The minimum Gasteiger partial charge on any atom is -0.481 e. The van der Waals surface area contributed by atoms with Gasteiger partial charge in [-0.25, -0.2) is 4.79 Å². The van der Waals surface area contributed by atoms with Crippen LogP contribution in [-0.2, 0) is 14.3 Å². The van der Waals surface area contributed by atoms with Gasteiger partial charge in [0, 0.05) is 38.4 Å². The monoisotopic (exact) mass is 478 g/mol. The maximum Gasteiger partial charge on any atom is 0.407 e. The number of nitrogens with one attached hydrogen (secondary N) is 1. The number of carbonyl (C=O) groups is 3. The summed E-state index contributed by atoms with van der Waals surface area (Å²) in [4.78, 5) is 37.7. The van der Waals surface area contributed by atoms with Crippen molar-refractivity contribution >= 4 is 18.0 Å². The minimum atomic E-state index is -0.797. The molecule has 1 heterocycles. The minimum absolute atomic E-state index is 0.000974. The van der Waals surface area contributed by atoms with Gasteiger partial charge in [-0.05, 0) is 46.4 Å². The van der Waals surface area contributed by atoms with Crippen molar-refractivity contribution in [1.29, 1.82) is 0 Å². The smallest absolute Gasteiger partial charge is 0.407 e. The van der Waals surface area contributed by atoms with Crippen LogP contribution >= 0.6 is 0 Å². The summed E-state index contributed by atoms with van der Waals surface area (Å²) in [6.45, 7) is 5.97. The molecule has 7 nitrogen and oxygen atoms in total. The van der Waals surface area contributed by atoms with Crippen LogP contribution in [0, 0.1) is 17.8 Å². The molecule has 1 aliphatic carbocycles. The molecule has 1 atom stereocenters. The third kappa shape index (κ3) is 5.84. The first kappa shape index (κ1) is 24.8. The van der Waals surface area contributed by atoms with Crippen LogP contribution in [0.4, 0.5) is 4.79 Å². The van der Waals surface area contributed by atoms with Gasteiger partial charge < -0.3 is 20.1 Å². The zero-order valence-electron chi connectivity index (χ0n) is 20.4. The van der Waals surface area contributed by atoms with Gasteiger partial charge in [0.1, 0.15) is 6.61 Å². The van der Waals surface area contributed by atoms with E-state index >= 15 is 0 Å². The standard InChI is InChI=1S/C28H34N2O5/c1-18(2)20(13-26(31)30-15-19(16-30)11-12-27(32)33)14-29-28(34)35-17-25-23-9-5-3-7-21(23)22-8-4-6-10-24(22)25/h3-10,18-20,25H,11-17H2,1-2H3,(H,29,34)(H,32,33). The van der Waals surface area contributed by atoms with Crippen molar-refractivity contribution in [2.45, 2.75) is 39.0 Å². The van der Waals surface area contributed by atoms with E-state index in [2.05, 4.69) is 29.6 Å². The molecule has 0 bridgehead atoms. The van der Waals surface area contributed by atoms with Gasteiger partial charge in [-0.3, -0.25) is 9.59 Å². The Morgan fingerprint density at radius 1 is 1.03 bits per heavy atom. The van der Waals surface area contributed by atoms with Crippen LogP contribution in [0.1, 0.15) is 50.2 Å². The summed E-state index contributed by atoms with van der Waals surface area (Å²) in [6.07, 6.45) is 0.636. The van der Waals surface area contributed by atoms with E-state index in [-0.39, 0.29) is 42.6 Å². The highest BCUT2D eigenvalue weighted by molar-refractivity contribution is 5.79. The Morgan fingerprint density at radius 2 is 1.63 bits per heavy atom. The molecule has 2 aromatic carbocycles. The number of benzene rings is 2. The number of carbonyl (C=O) groups excluding carboxylic acids is 2. The molecule has 186 valence electrons. The molecule has 2 N–H and O–H groups in total. The van der Waals surface area contributed by atoms with Gasteiger partial charge in [0.15, 0.2) is 0 Å². The highest BCUT2D eigenvalue weighted by atomic mass is 16.5. The van der Waals surface area contributed by atoms with Gasteiger partial charge in [-0.1, -0.05) is 62.4 Å². The number of fused-ring (bicyclic) bond motifs is 3. The number of rotatable bonds is 10. The van der Waals surface area contributed by atoms with Gasteiger partial charge >= 0.3 is 12.1 Å². The number of hydrogen-bond donors (Lipinski definition) is 2. The van der Waals surface area contributed by atoms with E-state index in [0.29, 0.717) is 32.5 Å². The summed E-state index contributed by atoms with van der Waals surface area (Å²) in [5.74, 6) is -0.237. The fourth-order valence-electron chi connectivity index (χ4n) is 5.04. The van der Waals surface area contributed by atoms with E-state index in [1.165, 1.54) is 22.3 Å². The van der Waals surface area contributed by atoms with E-state index in [4.69, 9.17) is 9.84 Å². The molecule has 1 fully saturated rings. The molecule has 1 unspecified atom stereocenters. The molecule has 2 amide bonds. The fraction of sp³-hybridized carbons (Fsp3) is 0.464. The summed E-state index contributed by atoms with van der Waals surface area (Å²) in [5, 5.41) is 11.7. The highest BCUT2D eigenvalue weighted by Crippen LogP contribution is 2.44. The number of ether oxygens (including phenoxy) is 1. The van der Waals surface area contributed by atoms with E-state index in [9.17, 15) is 14.4 Å². The van der Waals surface area contributed by atoms with Crippen molar-refractivity contribution in [3.8, 4) is 11.1 Å². The number of hydrogen-bond acceptors (Lipinski definition) is 4. The predicted molar refractivity (Wildman–Crippen MR) is 133 cm³/mol. The molecule has 7 heteroatoms. The lowest BCUT2D eigenvalue weighted by Gasteiger charge is -2.40. The second-order valence-electron chi connectivity index (χ2n) is 10.0. The molecule has 0 spiro atoms. The zero-order chi connectivity index (χ0) is 24.9. The summed E-state index contributed by atoms with van der Waals surface area (Å²) < 4.78 is 5.62. The lowest BCUT2D eigenvalue weighted by Crippen LogP contribution is -2.51. The second-order valence-corrected chi connectivity index (χ2v) is 10.0. The Hall–Kier alpha value is -3.35. The first-order valence-corrected chi connectivity index (χ1v) is 12.4. The summed E-state index contributed by atoms with van der Waals surface area (Å²) >= 11 is 0.